The second-order valence-corrected chi connectivity index (χ2v) is 9.54. The lowest BCUT2D eigenvalue weighted by Crippen LogP contribution is -2.55. The van der Waals surface area contributed by atoms with Crippen LogP contribution in [0.2, 0.25) is 0 Å². The number of allylic oxidation sites excluding steroid dienone is 3. The van der Waals surface area contributed by atoms with Gasteiger partial charge in [0.2, 0.25) is 0 Å². The molecule has 6 heteroatoms. The molecule has 4 aliphatic carbocycles. The van der Waals surface area contributed by atoms with E-state index in [1.54, 1.807) is 13.0 Å². The summed E-state index contributed by atoms with van der Waals surface area (Å²) in [6, 6.07) is 0. The van der Waals surface area contributed by atoms with Crippen LogP contribution in [0, 0.1) is 22.7 Å². The number of ketones is 1. The Labute approximate surface area is 165 Å². The minimum Gasteiger partial charge on any atom is -0.463 e. The van der Waals surface area contributed by atoms with E-state index in [1.807, 2.05) is 6.08 Å². The third kappa shape index (κ3) is 2.50. The average Bonchev–Trinajstić information content (AvgIpc) is 2.80. The summed E-state index contributed by atoms with van der Waals surface area (Å²) in [7, 11) is 0. The van der Waals surface area contributed by atoms with Gasteiger partial charge in [-0.1, -0.05) is 13.0 Å². The molecule has 28 heavy (non-hydrogen) atoms. The summed E-state index contributed by atoms with van der Waals surface area (Å²) in [4.78, 5) is 24.6. The molecule has 0 unspecified atom stereocenters. The molecule has 0 amide bonds. The van der Waals surface area contributed by atoms with Gasteiger partial charge in [0, 0.05) is 11.6 Å². The minimum atomic E-state index is -1.47. The van der Waals surface area contributed by atoms with Crippen LogP contribution in [0.1, 0.15) is 52.4 Å². The van der Waals surface area contributed by atoms with Crippen molar-refractivity contribution in [2.75, 3.05) is 13.2 Å². The Hall–Kier alpha value is -1.50. The maximum absolute atomic E-state index is 12.6. The quantitative estimate of drug-likeness (QED) is 0.500. The van der Waals surface area contributed by atoms with E-state index in [2.05, 4.69) is 6.92 Å². The predicted molar refractivity (Wildman–Crippen MR) is 101 cm³/mol. The first-order chi connectivity index (χ1) is 13.1. The van der Waals surface area contributed by atoms with E-state index in [0.717, 1.165) is 12.8 Å². The first-order valence-electron chi connectivity index (χ1n) is 10.3. The number of aliphatic hydroxyl groups excluding tert-OH is 1. The van der Waals surface area contributed by atoms with Crippen molar-refractivity contribution in [1.82, 2.24) is 0 Å². The predicted octanol–water partition coefficient (Wildman–Crippen LogP) is 1.68. The lowest BCUT2D eigenvalue weighted by Gasteiger charge is -2.58. The number of hydrogen-bond acceptors (Lipinski definition) is 6. The topological polar surface area (TPSA) is 104 Å². The molecule has 154 valence electrons. The standard InChI is InChI=1S/C22H30O6/c1-3-28-18(25)10-14-15-4-8-20-11-21(26,22(27,12-20)13-23)9-6-17(20)19(15,2)7-5-16(14)24/h5,7,10,15,17,23,26-27H,3-4,6,8-9,11-13H2,1-2H3/b14-10-/t15-,17+,19-,20+,21+,22+/m1/s1. The molecule has 0 heterocycles. The second-order valence-electron chi connectivity index (χ2n) is 9.54. The van der Waals surface area contributed by atoms with Crippen molar-refractivity contribution in [3.63, 3.8) is 0 Å². The summed E-state index contributed by atoms with van der Waals surface area (Å²) in [6.45, 7) is 3.68. The molecule has 6 nitrogen and oxygen atoms in total. The monoisotopic (exact) mass is 390 g/mol. The van der Waals surface area contributed by atoms with Crippen molar-refractivity contribution in [3.05, 3.63) is 23.8 Å². The lowest BCUT2D eigenvalue weighted by molar-refractivity contribution is -0.162. The molecule has 3 saturated carbocycles. The fraction of sp³-hybridized carbons (Fsp3) is 0.727. The number of ether oxygens (including phenoxy) is 1. The smallest absolute Gasteiger partial charge is 0.331 e. The van der Waals surface area contributed by atoms with Crippen LogP contribution in [0.25, 0.3) is 0 Å². The highest BCUT2D eigenvalue weighted by atomic mass is 16.5. The van der Waals surface area contributed by atoms with E-state index in [1.165, 1.54) is 6.08 Å². The van der Waals surface area contributed by atoms with Gasteiger partial charge >= 0.3 is 5.97 Å². The van der Waals surface area contributed by atoms with Gasteiger partial charge in [0.05, 0.1) is 18.8 Å². The maximum atomic E-state index is 12.6. The van der Waals surface area contributed by atoms with Gasteiger partial charge in [0.1, 0.15) is 5.60 Å². The average molecular weight is 390 g/mol. The zero-order valence-electron chi connectivity index (χ0n) is 16.6. The van der Waals surface area contributed by atoms with Crippen LogP contribution in [0.4, 0.5) is 0 Å². The first kappa shape index (κ1) is 19.8. The van der Waals surface area contributed by atoms with E-state index in [4.69, 9.17) is 4.74 Å². The molecule has 0 aliphatic heterocycles. The van der Waals surface area contributed by atoms with Crippen LogP contribution >= 0.6 is 0 Å². The first-order valence-corrected chi connectivity index (χ1v) is 10.3. The van der Waals surface area contributed by atoms with Crippen molar-refractivity contribution >= 4 is 11.8 Å². The van der Waals surface area contributed by atoms with Crippen LogP contribution in [0.3, 0.4) is 0 Å². The minimum absolute atomic E-state index is 0.0842. The van der Waals surface area contributed by atoms with Crippen molar-refractivity contribution < 1.29 is 29.6 Å². The molecule has 0 saturated heterocycles. The van der Waals surface area contributed by atoms with Gasteiger partial charge in [0.15, 0.2) is 5.78 Å². The molecule has 0 aromatic rings. The van der Waals surface area contributed by atoms with E-state index in [-0.39, 0.29) is 35.1 Å². The fourth-order valence-electron chi connectivity index (χ4n) is 7.05. The van der Waals surface area contributed by atoms with E-state index in [0.29, 0.717) is 31.3 Å². The summed E-state index contributed by atoms with van der Waals surface area (Å²) >= 11 is 0. The summed E-state index contributed by atoms with van der Waals surface area (Å²) in [5.41, 5.74) is -2.82. The van der Waals surface area contributed by atoms with Gasteiger partial charge in [0.25, 0.3) is 0 Å². The zero-order valence-corrected chi connectivity index (χ0v) is 16.6. The van der Waals surface area contributed by atoms with E-state index < -0.39 is 23.8 Å². The molecule has 3 fully saturated rings. The van der Waals surface area contributed by atoms with Gasteiger partial charge < -0.3 is 20.1 Å². The summed E-state index contributed by atoms with van der Waals surface area (Å²) in [5, 5.41) is 31.9. The Balaban J connectivity index is 1.73. The number of esters is 1. The lowest BCUT2D eigenvalue weighted by atomic mass is 9.45. The maximum Gasteiger partial charge on any atom is 0.331 e. The van der Waals surface area contributed by atoms with Gasteiger partial charge in [-0.05, 0) is 74.2 Å². The van der Waals surface area contributed by atoms with E-state index in [9.17, 15) is 24.9 Å². The van der Waals surface area contributed by atoms with Crippen LogP contribution < -0.4 is 0 Å². The highest BCUT2D eigenvalue weighted by Gasteiger charge is 2.70. The Morgan fingerprint density at radius 2 is 2.04 bits per heavy atom. The highest BCUT2D eigenvalue weighted by Crippen LogP contribution is 2.71. The number of carbonyl (C=O) groups excluding carboxylic acids is 2. The SMILES string of the molecule is CCOC(=O)/C=C1\C(=O)C=C[C@]2(C)[C@@H]1CC[C@]13C[C@](O)(CO)[C@](O)(CC[C@H]12)C3. The van der Waals surface area contributed by atoms with Gasteiger partial charge in [-0.2, -0.15) is 0 Å². The highest BCUT2D eigenvalue weighted by molar-refractivity contribution is 6.08. The Morgan fingerprint density at radius 3 is 2.71 bits per heavy atom. The largest absolute Gasteiger partial charge is 0.463 e. The molecule has 0 aromatic heterocycles. The number of fused-ring (bicyclic) bond motifs is 3. The normalized spacial score (nSPS) is 48.3. The van der Waals surface area contributed by atoms with Crippen molar-refractivity contribution in [3.8, 4) is 0 Å². The third-order valence-electron chi connectivity index (χ3n) is 8.25. The Morgan fingerprint density at radius 1 is 1.29 bits per heavy atom. The Bertz CT molecular complexity index is 769. The van der Waals surface area contributed by atoms with Crippen molar-refractivity contribution in [1.29, 1.82) is 0 Å². The summed E-state index contributed by atoms with van der Waals surface area (Å²) < 4.78 is 5.03. The van der Waals surface area contributed by atoms with Crippen molar-refractivity contribution in [2.24, 2.45) is 22.7 Å². The molecule has 2 bridgehead atoms. The molecule has 0 aromatic carbocycles. The molecule has 0 radical (unpaired) electrons. The second kappa shape index (κ2) is 6.25. The van der Waals surface area contributed by atoms with Gasteiger partial charge in [-0.25, -0.2) is 4.79 Å². The summed E-state index contributed by atoms with van der Waals surface area (Å²) in [5.74, 6) is -0.553. The molecular weight excluding hydrogens is 360 g/mol. The molecule has 3 N–H and O–H groups in total. The third-order valence-corrected chi connectivity index (χ3v) is 8.25. The Kier molecular flexibility index (Phi) is 4.42. The van der Waals surface area contributed by atoms with E-state index >= 15 is 0 Å². The number of rotatable bonds is 3. The number of aliphatic hydroxyl groups is 3. The van der Waals surface area contributed by atoms with Crippen LogP contribution in [0.5, 0.6) is 0 Å². The molecule has 4 aliphatic rings. The van der Waals surface area contributed by atoms with Crippen molar-refractivity contribution in [2.45, 2.75) is 63.6 Å². The number of carbonyl (C=O) groups is 2. The van der Waals surface area contributed by atoms with Gasteiger partial charge in [-0.3, -0.25) is 4.79 Å². The molecule has 1 spiro atoms. The number of hydrogen-bond donors (Lipinski definition) is 3. The molecule has 6 atom stereocenters. The zero-order chi connectivity index (χ0) is 20.4. The molecular formula is C22H30O6. The summed E-state index contributed by atoms with van der Waals surface area (Å²) in [6.07, 6.45) is 8.35. The molecule has 4 rings (SSSR count). The van der Waals surface area contributed by atoms with Crippen LogP contribution in [-0.4, -0.2) is 51.5 Å². The van der Waals surface area contributed by atoms with Gasteiger partial charge in [-0.15, -0.1) is 0 Å². The van der Waals surface area contributed by atoms with Crippen LogP contribution in [-0.2, 0) is 14.3 Å². The van der Waals surface area contributed by atoms with Crippen LogP contribution in [0.15, 0.2) is 23.8 Å². The fourth-order valence-corrected chi connectivity index (χ4v) is 7.05.